The van der Waals surface area contributed by atoms with Crippen LogP contribution in [0.5, 0.6) is 0 Å². The zero-order chi connectivity index (χ0) is 17.9. The number of imidazole rings is 1. The summed E-state index contributed by atoms with van der Waals surface area (Å²) in [7, 11) is 0. The van der Waals surface area contributed by atoms with Gasteiger partial charge in [-0.05, 0) is 38.8 Å². The van der Waals surface area contributed by atoms with E-state index in [2.05, 4.69) is 116 Å². The van der Waals surface area contributed by atoms with Crippen LogP contribution in [0.4, 0.5) is 0 Å². The smallest absolute Gasteiger partial charge is 0.244 e. The lowest BCUT2D eigenvalue weighted by atomic mass is 9.94. The van der Waals surface area contributed by atoms with Crippen molar-refractivity contribution in [3.8, 4) is 0 Å². The normalized spacial score (nSPS) is 11.8. The molecule has 0 fully saturated rings. The molecule has 1 heterocycles. The summed E-state index contributed by atoms with van der Waals surface area (Å²) in [6, 6.07) is 21.4. The van der Waals surface area contributed by atoms with Crippen LogP contribution in [-0.4, -0.2) is 4.57 Å². The van der Waals surface area contributed by atoms with Crippen LogP contribution in [0.3, 0.4) is 0 Å². The van der Waals surface area contributed by atoms with Gasteiger partial charge in [-0.3, -0.25) is 0 Å². The molecule has 0 bridgehead atoms. The number of rotatable bonds is 6. The molecule has 0 aliphatic carbocycles. The molecule has 0 unspecified atom stereocenters. The van der Waals surface area contributed by atoms with Gasteiger partial charge in [0.25, 0.3) is 0 Å². The first-order valence-corrected chi connectivity index (χ1v) is 9.05. The van der Waals surface area contributed by atoms with Gasteiger partial charge in [-0.15, -0.1) is 0 Å². The SMILES string of the molecule is CC(C)(Cc1ccccc1)n1cc[n+](C(C)(C)Cc2ccccc2)c1.[Br-]. The first-order chi connectivity index (χ1) is 11.9. The van der Waals surface area contributed by atoms with Crippen molar-refractivity contribution < 1.29 is 21.5 Å². The van der Waals surface area contributed by atoms with Crippen molar-refractivity contribution in [2.45, 2.75) is 51.6 Å². The number of hydrogen-bond acceptors (Lipinski definition) is 0. The molecule has 0 saturated carbocycles. The molecule has 0 radical (unpaired) electrons. The van der Waals surface area contributed by atoms with Crippen molar-refractivity contribution in [3.63, 3.8) is 0 Å². The molecule has 0 amide bonds. The van der Waals surface area contributed by atoms with Crippen LogP contribution in [0.15, 0.2) is 79.4 Å². The summed E-state index contributed by atoms with van der Waals surface area (Å²) < 4.78 is 4.68. The number of nitrogens with zero attached hydrogens (tertiary/aromatic N) is 2. The summed E-state index contributed by atoms with van der Waals surface area (Å²) in [6.45, 7) is 9.20. The molecule has 2 nitrogen and oxygen atoms in total. The summed E-state index contributed by atoms with van der Waals surface area (Å²) in [4.78, 5) is 0. The van der Waals surface area contributed by atoms with Gasteiger partial charge in [0.15, 0.2) is 0 Å². The minimum Gasteiger partial charge on any atom is -1.00 e. The molecule has 2 aromatic carbocycles. The minimum absolute atomic E-state index is 0. The fraction of sp³-hybridized carbons (Fsp3) is 0.348. The highest BCUT2D eigenvalue weighted by atomic mass is 79.9. The molecule has 1 aromatic heterocycles. The summed E-state index contributed by atoms with van der Waals surface area (Å²) in [5.41, 5.74) is 2.82. The average molecular weight is 413 g/mol. The predicted octanol–water partition coefficient (Wildman–Crippen LogP) is 1.74. The zero-order valence-electron chi connectivity index (χ0n) is 16.2. The molecular formula is C23H29BrN2. The Bertz CT molecular complexity index is 736. The third-order valence-corrected chi connectivity index (χ3v) is 4.99. The highest BCUT2D eigenvalue weighted by molar-refractivity contribution is 5.17. The second-order valence-corrected chi connectivity index (χ2v) is 8.18. The van der Waals surface area contributed by atoms with Crippen molar-refractivity contribution in [2.24, 2.45) is 0 Å². The van der Waals surface area contributed by atoms with Crippen molar-refractivity contribution in [2.75, 3.05) is 0 Å². The first kappa shape index (κ1) is 20.4. The lowest BCUT2D eigenvalue weighted by Crippen LogP contribution is -3.00. The topological polar surface area (TPSA) is 8.81 Å². The number of halogens is 1. The van der Waals surface area contributed by atoms with Gasteiger partial charge in [0.05, 0.1) is 0 Å². The van der Waals surface area contributed by atoms with Crippen LogP contribution in [0.25, 0.3) is 0 Å². The van der Waals surface area contributed by atoms with E-state index in [1.807, 2.05) is 0 Å². The van der Waals surface area contributed by atoms with Gasteiger partial charge in [-0.2, -0.15) is 0 Å². The van der Waals surface area contributed by atoms with Crippen LogP contribution in [-0.2, 0) is 23.9 Å². The Hall–Kier alpha value is -1.87. The number of hydrogen-bond donors (Lipinski definition) is 0. The third kappa shape index (κ3) is 4.85. The van der Waals surface area contributed by atoms with Gasteiger partial charge in [0, 0.05) is 12.8 Å². The Morgan fingerprint density at radius 2 is 1.27 bits per heavy atom. The van der Waals surface area contributed by atoms with E-state index in [0.717, 1.165) is 12.8 Å². The average Bonchev–Trinajstić information content (AvgIpc) is 3.08. The summed E-state index contributed by atoms with van der Waals surface area (Å²) >= 11 is 0. The summed E-state index contributed by atoms with van der Waals surface area (Å²) in [5, 5.41) is 0. The second kappa shape index (κ2) is 8.22. The first-order valence-electron chi connectivity index (χ1n) is 9.05. The van der Waals surface area contributed by atoms with Crippen molar-refractivity contribution in [1.29, 1.82) is 0 Å². The van der Waals surface area contributed by atoms with Crippen molar-refractivity contribution in [3.05, 3.63) is 90.5 Å². The highest BCUT2D eigenvalue weighted by Gasteiger charge is 2.31. The van der Waals surface area contributed by atoms with Crippen molar-refractivity contribution >= 4 is 0 Å². The Morgan fingerprint density at radius 3 is 1.81 bits per heavy atom. The van der Waals surface area contributed by atoms with E-state index in [1.54, 1.807) is 0 Å². The Labute approximate surface area is 168 Å². The van der Waals surface area contributed by atoms with E-state index in [4.69, 9.17) is 0 Å². The maximum atomic E-state index is 2.34. The molecule has 3 rings (SSSR count). The van der Waals surface area contributed by atoms with E-state index >= 15 is 0 Å². The van der Waals surface area contributed by atoms with Gasteiger partial charge in [0.1, 0.15) is 23.5 Å². The van der Waals surface area contributed by atoms with Crippen LogP contribution in [0.2, 0.25) is 0 Å². The Balaban J connectivity index is 0.00000243. The fourth-order valence-corrected chi connectivity index (χ4v) is 3.44. The van der Waals surface area contributed by atoms with Gasteiger partial charge < -0.3 is 17.0 Å². The van der Waals surface area contributed by atoms with E-state index < -0.39 is 0 Å². The maximum absolute atomic E-state index is 2.34. The van der Waals surface area contributed by atoms with Gasteiger partial charge in [-0.25, -0.2) is 9.13 Å². The largest absolute Gasteiger partial charge is 1.00 e. The van der Waals surface area contributed by atoms with Crippen LogP contribution in [0.1, 0.15) is 38.8 Å². The van der Waals surface area contributed by atoms with Gasteiger partial charge >= 0.3 is 0 Å². The van der Waals surface area contributed by atoms with Gasteiger partial charge in [-0.1, -0.05) is 60.7 Å². The molecule has 138 valence electrons. The number of benzene rings is 2. The fourth-order valence-electron chi connectivity index (χ4n) is 3.44. The van der Waals surface area contributed by atoms with Crippen LogP contribution >= 0.6 is 0 Å². The Morgan fingerprint density at radius 1 is 0.769 bits per heavy atom. The maximum Gasteiger partial charge on any atom is 0.244 e. The quantitative estimate of drug-likeness (QED) is 0.545. The summed E-state index contributed by atoms with van der Waals surface area (Å²) in [6.07, 6.45) is 8.69. The summed E-state index contributed by atoms with van der Waals surface area (Å²) in [5.74, 6) is 0. The van der Waals surface area contributed by atoms with Crippen molar-refractivity contribution in [1.82, 2.24) is 4.57 Å². The molecule has 0 aliphatic rings. The lowest BCUT2D eigenvalue weighted by molar-refractivity contribution is -0.757. The van der Waals surface area contributed by atoms with Crippen LogP contribution < -0.4 is 21.5 Å². The predicted molar refractivity (Wildman–Crippen MR) is 104 cm³/mol. The lowest BCUT2D eigenvalue weighted by Gasteiger charge is -2.23. The zero-order valence-corrected chi connectivity index (χ0v) is 17.8. The van der Waals surface area contributed by atoms with E-state index in [9.17, 15) is 0 Å². The molecule has 0 aliphatic heterocycles. The minimum atomic E-state index is 0. The van der Waals surface area contributed by atoms with Crippen LogP contribution in [0, 0.1) is 0 Å². The van der Waals surface area contributed by atoms with Gasteiger partial charge in [0.2, 0.25) is 6.33 Å². The second-order valence-electron chi connectivity index (χ2n) is 8.18. The monoisotopic (exact) mass is 412 g/mol. The van der Waals surface area contributed by atoms with E-state index in [0.29, 0.717) is 0 Å². The third-order valence-electron chi connectivity index (χ3n) is 4.99. The molecule has 0 spiro atoms. The molecule has 3 aromatic rings. The highest BCUT2D eigenvalue weighted by Crippen LogP contribution is 2.22. The molecule has 0 N–H and O–H groups in total. The van der Waals surface area contributed by atoms with E-state index in [-0.39, 0.29) is 28.1 Å². The van der Waals surface area contributed by atoms with E-state index in [1.165, 1.54) is 11.1 Å². The molecule has 26 heavy (non-hydrogen) atoms. The molecule has 0 saturated heterocycles. The Kier molecular flexibility index (Phi) is 6.46. The molecule has 0 atom stereocenters. The molecular weight excluding hydrogens is 384 g/mol. The standard InChI is InChI=1S/C23H29N2.BrH/c1-22(2,17-20-11-7-5-8-12-20)24-15-16-25(19-24)23(3,4)18-21-13-9-6-10-14-21;/h5-16,19H,17-18H2,1-4H3;1H/q+1;/p-1. The number of aromatic nitrogens is 2. The molecule has 3 heteroatoms.